The lowest BCUT2D eigenvalue weighted by atomic mass is 10.0. The van der Waals surface area contributed by atoms with Crippen LogP contribution in [0, 0.1) is 0 Å². The van der Waals surface area contributed by atoms with Gasteiger partial charge in [0.2, 0.25) is 11.6 Å². The molecule has 2 saturated heterocycles. The van der Waals surface area contributed by atoms with Crippen LogP contribution in [0.5, 0.6) is 0 Å². The maximum absolute atomic E-state index is 9.94. The van der Waals surface area contributed by atoms with Crippen molar-refractivity contribution < 1.29 is 55.1 Å². The summed E-state index contributed by atoms with van der Waals surface area (Å²) in [6.45, 7) is -3.04. The van der Waals surface area contributed by atoms with Gasteiger partial charge in [-0.1, -0.05) is 0 Å². The molecule has 2 unspecified atom stereocenters. The van der Waals surface area contributed by atoms with Crippen LogP contribution in [0.4, 0.5) is 0 Å². The maximum atomic E-state index is 9.94. The van der Waals surface area contributed by atoms with E-state index in [1.807, 2.05) is 0 Å². The molecule has 8 atom stereocenters. The molecule has 2 fully saturated rings. The normalized spacial score (nSPS) is 50.6. The minimum absolute atomic E-state index is 0.553. The number of hydrogen-bond donors (Lipinski definition) is 8. The number of aliphatic hydroxyl groups is 8. The SMILES string of the molecule is OC[C@H]1O[C@@](CO)(OC[C@H]2O[C@](O)(CO)[C@H](O)C2O)[C@H](O)C1O. The van der Waals surface area contributed by atoms with Gasteiger partial charge in [-0.05, 0) is 0 Å². The van der Waals surface area contributed by atoms with E-state index in [2.05, 4.69) is 0 Å². The van der Waals surface area contributed by atoms with E-state index in [9.17, 15) is 30.6 Å². The van der Waals surface area contributed by atoms with Crippen molar-refractivity contribution in [2.75, 3.05) is 26.4 Å². The van der Waals surface area contributed by atoms with E-state index in [4.69, 9.17) is 24.4 Å². The van der Waals surface area contributed by atoms with Crippen molar-refractivity contribution in [3.05, 3.63) is 0 Å². The number of hydrogen-bond acceptors (Lipinski definition) is 11. The fourth-order valence-corrected chi connectivity index (χ4v) is 2.66. The quantitative estimate of drug-likeness (QED) is 0.230. The first-order valence-electron chi connectivity index (χ1n) is 7.01. The molecule has 2 rings (SSSR count). The summed E-state index contributed by atoms with van der Waals surface area (Å²) >= 11 is 0. The summed E-state index contributed by atoms with van der Waals surface area (Å²) in [6, 6.07) is 0. The summed E-state index contributed by atoms with van der Waals surface area (Å²) in [6.07, 6.45) is -9.10. The molecule has 2 aliphatic rings. The Labute approximate surface area is 130 Å². The highest BCUT2D eigenvalue weighted by molar-refractivity contribution is 4.99. The monoisotopic (exact) mass is 342 g/mol. The van der Waals surface area contributed by atoms with Crippen LogP contribution in [0.3, 0.4) is 0 Å². The van der Waals surface area contributed by atoms with Gasteiger partial charge in [0, 0.05) is 0 Å². The first kappa shape index (κ1) is 18.9. The highest BCUT2D eigenvalue weighted by Crippen LogP contribution is 2.34. The number of aliphatic hydroxyl groups excluding tert-OH is 7. The van der Waals surface area contributed by atoms with Crippen molar-refractivity contribution in [3.8, 4) is 0 Å². The molecule has 0 amide bonds. The molecule has 23 heavy (non-hydrogen) atoms. The zero-order valence-electron chi connectivity index (χ0n) is 12.1. The van der Waals surface area contributed by atoms with Crippen molar-refractivity contribution >= 4 is 0 Å². The predicted octanol–water partition coefficient (Wildman–Crippen LogP) is -5.39. The summed E-state index contributed by atoms with van der Waals surface area (Å²) in [5.74, 6) is -4.44. The topological polar surface area (TPSA) is 190 Å². The van der Waals surface area contributed by atoms with Crippen LogP contribution >= 0.6 is 0 Å². The van der Waals surface area contributed by atoms with Crippen LogP contribution in [0.2, 0.25) is 0 Å². The Hall–Kier alpha value is -0.440. The van der Waals surface area contributed by atoms with Crippen molar-refractivity contribution in [1.29, 1.82) is 0 Å². The highest BCUT2D eigenvalue weighted by Gasteiger charge is 2.57. The first-order valence-corrected chi connectivity index (χ1v) is 7.01. The van der Waals surface area contributed by atoms with E-state index in [1.54, 1.807) is 0 Å². The van der Waals surface area contributed by atoms with E-state index in [0.29, 0.717) is 0 Å². The number of ether oxygens (including phenoxy) is 3. The molecule has 0 radical (unpaired) electrons. The van der Waals surface area contributed by atoms with Crippen molar-refractivity contribution in [1.82, 2.24) is 0 Å². The predicted molar refractivity (Wildman–Crippen MR) is 68.7 cm³/mol. The van der Waals surface area contributed by atoms with Crippen molar-refractivity contribution in [3.63, 3.8) is 0 Å². The van der Waals surface area contributed by atoms with Crippen LogP contribution in [-0.2, 0) is 14.2 Å². The molecule has 0 saturated carbocycles. The van der Waals surface area contributed by atoms with Gasteiger partial charge < -0.3 is 55.1 Å². The van der Waals surface area contributed by atoms with Crippen molar-refractivity contribution in [2.24, 2.45) is 0 Å². The van der Waals surface area contributed by atoms with Gasteiger partial charge in [-0.25, -0.2) is 0 Å². The zero-order valence-corrected chi connectivity index (χ0v) is 12.1. The third-order valence-corrected chi connectivity index (χ3v) is 4.15. The summed E-state index contributed by atoms with van der Waals surface area (Å²) in [7, 11) is 0. The molecule has 2 heterocycles. The fraction of sp³-hybridized carbons (Fsp3) is 1.00. The van der Waals surface area contributed by atoms with Crippen LogP contribution in [-0.4, -0.2) is 115 Å². The maximum Gasteiger partial charge on any atom is 0.221 e. The summed E-state index contributed by atoms with van der Waals surface area (Å²) in [5, 5.41) is 76.3. The fourth-order valence-electron chi connectivity index (χ4n) is 2.66. The van der Waals surface area contributed by atoms with Crippen molar-refractivity contribution in [2.45, 2.75) is 48.2 Å². The largest absolute Gasteiger partial charge is 0.394 e. The molecule has 0 bridgehead atoms. The van der Waals surface area contributed by atoms with Gasteiger partial charge >= 0.3 is 0 Å². The third-order valence-electron chi connectivity index (χ3n) is 4.15. The van der Waals surface area contributed by atoms with E-state index in [1.165, 1.54) is 0 Å². The summed E-state index contributed by atoms with van der Waals surface area (Å²) < 4.78 is 15.3. The second-order valence-corrected chi connectivity index (χ2v) is 5.65. The summed E-state index contributed by atoms with van der Waals surface area (Å²) in [5.41, 5.74) is 0. The molecule has 11 nitrogen and oxygen atoms in total. The van der Waals surface area contributed by atoms with Gasteiger partial charge in [0.15, 0.2) is 0 Å². The highest BCUT2D eigenvalue weighted by atomic mass is 16.7. The minimum atomic E-state index is -2.37. The van der Waals surface area contributed by atoms with Crippen LogP contribution < -0.4 is 0 Å². The van der Waals surface area contributed by atoms with E-state index in [0.717, 1.165) is 0 Å². The average Bonchev–Trinajstić information content (AvgIpc) is 2.93. The Kier molecular flexibility index (Phi) is 5.60. The Balaban J connectivity index is 2.04. The lowest BCUT2D eigenvalue weighted by Gasteiger charge is -2.31. The molecular formula is C12H22O11. The molecule has 0 spiro atoms. The van der Waals surface area contributed by atoms with Gasteiger partial charge in [0.1, 0.15) is 43.2 Å². The molecule has 0 aromatic rings. The van der Waals surface area contributed by atoms with Crippen LogP contribution in [0.15, 0.2) is 0 Å². The third kappa shape index (κ3) is 3.10. The molecule has 0 aromatic carbocycles. The molecule has 2 aliphatic heterocycles. The lowest BCUT2D eigenvalue weighted by molar-refractivity contribution is -0.296. The van der Waals surface area contributed by atoms with E-state index >= 15 is 0 Å². The smallest absolute Gasteiger partial charge is 0.221 e. The van der Waals surface area contributed by atoms with Crippen LogP contribution in [0.25, 0.3) is 0 Å². The second-order valence-electron chi connectivity index (χ2n) is 5.65. The Morgan fingerprint density at radius 3 is 1.87 bits per heavy atom. The van der Waals surface area contributed by atoms with Crippen LogP contribution in [0.1, 0.15) is 0 Å². The molecule has 8 N–H and O–H groups in total. The minimum Gasteiger partial charge on any atom is -0.394 e. The number of rotatable bonds is 6. The van der Waals surface area contributed by atoms with Gasteiger partial charge in [0.25, 0.3) is 0 Å². The zero-order chi connectivity index (χ0) is 17.4. The standard InChI is InChI=1S/C12H22O11/c13-1-5-7(16)10(19)12(4-15,23-5)21-2-6-8(17)9(18)11(20,3-14)22-6/h5-10,13-20H,1-4H2/t5-,6-,7?,8?,9-,10-,11-,12-/m1/s1. The van der Waals surface area contributed by atoms with Gasteiger partial charge in [-0.15, -0.1) is 0 Å². The Morgan fingerprint density at radius 1 is 0.826 bits per heavy atom. The lowest BCUT2D eigenvalue weighted by Crippen LogP contribution is -2.50. The summed E-state index contributed by atoms with van der Waals surface area (Å²) in [4.78, 5) is 0. The molecule has 0 aliphatic carbocycles. The van der Waals surface area contributed by atoms with Gasteiger partial charge in [0.05, 0.1) is 19.8 Å². The van der Waals surface area contributed by atoms with Gasteiger partial charge in [-0.3, -0.25) is 0 Å². The van der Waals surface area contributed by atoms with Gasteiger partial charge in [-0.2, -0.15) is 0 Å². The molecule has 136 valence electrons. The molecular weight excluding hydrogens is 320 g/mol. The molecule has 11 heteroatoms. The van der Waals surface area contributed by atoms with E-state index in [-0.39, 0.29) is 0 Å². The second kappa shape index (κ2) is 6.82. The Morgan fingerprint density at radius 2 is 1.43 bits per heavy atom. The Bertz CT molecular complexity index is 408. The first-order chi connectivity index (χ1) is 10.7. The van der Waals surface area contributed by atoms with E-state index < -0.39 is 74.6 Å². The average molecular weight is 342 g/mol. The molecule has 0 aromatic heterocycles.